The molecule has 0 saturated carbocycles. The fourth-order valence-electron chi connectivity index (χ4n) is 3.51. The molecule has 2 aromatic rings. The van der Waals surface area contributed by atoms with Crippen LogP contribution in [0, 0.1) is 11.7 Å². The lowest BCUT2D eigenvalue weighted by atomic mass is 10.1. The van der Waals surface area contributed by atoms with Gasteiger partial charge in [0.2, 0.25) is 10.0 Å². The summed E-state index contributed by atoms with van der Waals surface area (Å²) >= 11 is 5.17. The second-order valence-electron chi connectivity index (χ2n) is 7.14. The lowest BCUT2D eigenvalue weighted by Crippen LogP contribution is -2.35. The van der Waals surface area contributed by atoms with Gasteiger partial charge in [-0.15, -0.1) is 0 Å². The van der Waals surface area contributed by atoms with E-state index in [0.717, 1.165) is 30.7 Å². The average molecular weight is 438 g/mol. The van der Waals surface area contributed by atoms with E-state index in [1.807, 2.05) is 11.5 Å². The van der Waals surface area contributed by atoms with Crippen molar-refractivity contribution in [1.82, 2.24) is 24.4 Å². The summed E-state index contributed by atoms with van der Waals surface area (Å²) in [7, 11) is -3.58. The van der Waals surface area contributed by atoms with E-state index >= 15 is 0 Å². The minimum absolute atomic E-state index is 0.169. The molecule has 29 heavy (non-hydrogen) atoms. The third kappa shape index (κ3) is 4.76. The molecule has 158 valence electrons. The van der Waals surface area contributed by atoms with Crippen LogP contribution in [0.2, 0.25) is 0 Å². The zero-order valence-corrected chi connectivity index (χ0v) is 18.4. The number of sulfonamides is 1. The van der Waals surface area contributed by atoms with Gasteiger partial charge in [-0.25, -0.2) is 8.42 Å². The molecule has 2 heterocycles. The smallest absolute Gasteiger partial charge is 0.251 e. The summed E-state index contributed by atoms with van der Waals surface area (Å²) in [6.07, 6.45) is 3.32. The first-order chi connectivity index (χ1) is 13.8. The Kier molecular flexibility index (Phi) is 6.86. The van der Waals surface area contributed by atoms with Gasteiger partial charge in [0.05, 0.1) is 4.90 Å². The number of carbonyl (C=O) groups excluding carboxylic acids is 1. The zero-order chi connectivity index (χ0) is 21.0. The van der Waals surface area contributed by atoms with Crippen molar-refractivity contribution in [2.75, 3.05) is 19.6 Å². The number of nitrogens with one attached hydrogen (secondary N) is 2. The molecule has 2 N–H and O–H groups in total. The molecule has 1 amide bonds. The Morgan fingerprint density at radius 2 is 2.00 bits per heavy atom. The van der Waals surface area contributed by atoms with Crippen LogP contribution in [0.3, 0.4) is 0 Å². The van der Waals surface area contributed by atoms with E-state index in [1.165, 1.54) is 10.4 Å². The number of benzene rings is 1. The van der Waals surface area contributed by atoms with Crippen molar-refractivity contribution in [3.05, 3.63) is 39.9 Å². The highest BCUT2D eigenvalue weighted by Crippen LogP contribution is 2.22. The van der Waals surface area contributed by atoms with Gasteiger partial charge in [-0.2, -0.15) is 9.40 Å². The molecule has 1 aliphatic heterocycles. The van der Waals surface area contributed by atoms with Gasteiger partial charge in [-0.3, -0.25) is 9.89 Å². The molecule has 3 rings (SSSR count). The first-order valence-corrected chi connectivity index (χ1v) is 11.7. The van der Waals surface area contributed by atoms with Crippen LogP contribution in [-0.4, -0.2) is 53.0 Å². The summed E-state index contributed by atoms with van der Waals surface area (Å²) < 4.78 is 29.8. The number of aryl methyl sites for hydroxylation is 1. The Morgan fingerprint density at radius 3 is 2.69 bits per heavy atom. The van der Waals surface area contributed by atoms with Gasteiger partial charge in [-0.1, -0.05) is 12.5 Å². The van der Waals surface area contributed by atoms with Gasteiger partial charge < -0.3 is 9.88 Å². The molecule has 0 aliphatic carbocycles. The molecule has 1 aromatic heterocycles. The highest BCUT2D eigenvalue weighted by Gasteiger charge is 2.27. The van der Waals surface area contributed by atoms with E-state index in [9.17, 15) is 13.2 Å². The number of aromatic nitrogens is 3. The summed E-state index contributed by atoms with van der Waals surface area (Å²) in [5.74, 6) is 0.478. The van der Waals surface area contributed by atoms with E-state index in [2.05, 4.69) is 15.5 Å². The molecule has 0 bridgehead atoms. The maximum Gasteiger partial charge on any atom is 0.251 e. The third-order valence-corrected chi connectivity index (χ3v) is 7.40. The van der Waals surface area contributed by atoms with Crippen LogP contribution >= 0.6 is 12.2 Å². The maximum absolute atomic E-state index is 12.9. The normalized spacial score (nSPS) is 15.4. The lowest BCUT2D eigenvalue weighted by molar-refractivity contribution is 0.0953. The molecule has 0 radical (unpaired) electrons. The Morgan fingerprint density at radius 1 is 1.28 bits per heavy atom. The lowest BCUT2D eigenvalue weighted by Gasteiger charge is -2.26. The fraction of sp³-hybridized carbons (Fsp3) is 0.526. The number of hydrogen-bond acceptors (Lipinski definition) is 5. The summed E-state index contributed by atoms with van der Waals surface area (Å²) in [6.45, 7) is 5.92. The number of hydrogen-bond donors (Lipinski definition) is 2. The van der Waals surface area contributed by atoms with Crippen molar-refractivity contribution in [3.63, 3.8) is 0 Å². The van der Waals surface area contributed by atoms with Crippen LogP contribution in [0.5, 0.6) is 0 Å². The Labute approximate surface area is 176 Å². The quantitative estimate of drug-likeness (QED) is 0.648. The van der Waals surface area contributed by atoms with Crippen molar-refractivity contribution in [3.8, 4) is 0 Å². The van der Waals surface area contributed by atoms with E-state index in [1.54, 1.807) is 19.1 Å². The van der Waals surface area contributed by atoms with Gasteiger partial charge in [0, 0.05) is 38.2 Å². The van der Waals surface area contributed by atoms with Crippen molar-refractivity contribution in [1.29, 1.82) is 0 Å². The molecule has 1 aliphatic rings. The minimum Gasteiger partial charge on any atom is -0.352 e. The first kappa shape index (κ1) is 21.7. The summed E-state index contributed by atoms with van der Waals surface area (Å²) in [5, 5.41) is 9.79. The number of aromatic amines is 1. The van der Waals surface area contributed by atoms with Crippen LogP contribution in [0.15, 0.2) is 23.1 Å². The Balaban J connectivity index is 1.72. The monoisotopic (exact) mass is 437 g/mol. The van der Waals surface area contributed by atoms with E-state index in [-0.39, 0.29) is 10.8 Å². The number of nitrogens with zero attached hydrogens (tertiary/aromatic N) is 3. The second kappa shape index (κ2) is 9.19. The van der Waals surface area contributed by atoms with E-state index < -0.39 is 10.0 Å². The van der Waals surface area contributed by atoms with Crippen molar-refractivity contribution in [2.24, 2.45) is 0 Å². The average Bonchev–Trinajstić information content (AvgIpc) is 3.08. The summed E-state index contributed by atoms with van der Waals surface area (Å²) in [4.78, 5) is 12.9. The van der Waals surface area contributed by atoms with E-state index in [0.29, 0.717) is 42.9 Å². The van der Waals surface area contributed by atoms with Gasteiger partial charge in [-0.05, 0) is 56.6 Å². The van der Waals surface area contributed by atoms with Gasteiger partial charge in [0.25, 0.3) is 5.91 Å². The van der Waals surface area contributed by atoms with Crippen molar-refractivity contribution < 1.29 is 13.2 Å². The van der Waals surface area contributed by atoms with Crippen LogP contribution in [0.4, 0.5) is 0 Å². The first-order valence-electron chi connectivity index (χ1n) is 9.87. The molecule has 1 saturated heterocycles. The molecule has 8 nitrogen and oxygen atoms in total. The standard InChI is InChI=1S/C19H27N5O3S2/c1-3-24-17(21-22-19(24)28)9-10-20-18(25)16-13-15(8-7-14(16)2)29(26,27)23-11-5-4-6-12-23/h7-8,13H,3-6,9-12H2,1-2H3,(H,20,25)(H,22,28). The van der Waals surface area contributed by atoms with Crippen molar-refractivity contribution >= 4 is 28.1 Å². The topological polar surface area (TPSA) is 100 Å². The molecular formula is C19H27N5O3S2. The number of amides is 1. The van der Waals surface area contributed by atoms with Crippen LogP contribution < -0.4 is 5.32 Å². The molecule has 10 heteroatoms. The molecule has 0 unspecified atom stereocenters. The maximum atomic E-state index is 12.9. The van der Waals surface area contributed by atoms with Crippen LogP contribution in [-0.2, 0) is 23.0 Å². The fourth-order valence-corrected chi connectivity index (χ4v) is 5.33. The zero-order valence-electron chi connectivity index (χ0n) is 16.8. The van der Waals surface area contributed by atoms with Gasteiger partial charge in [0.1, 0.15) is 5.82 Å². The predicted molar refractivity (Wildman–Crippen MR) is 113 cm³/mol. The number of H-pyrrole nitrogens is 1. The highest BCUT2D eigenvalue weighted by molar-refractivity contribution is 7.89. The van der Waals surface area contributed by atoms with Gasteiger partial charge >= 0.3 is 0 Å². The van der Waals surface area contributed by atoms with E-state index in [4.69, 9.17) is 12.2 Å². The van der Waals surface area contributed by atoms with Crippen LogP contribution in [0.25, 0.3) is 0 Å². The van der Waals surface area contributed by atoms with Crippen molar-refractivity contribution in [2.45, 2.75) is 51.0 Å². The molecule has 1 fully saturated rings. The third-order valence-electron chi connectivity index (χ3n) is 5.19. The molecular weight excluding hydrogens is 410 g/mol. The summed E-state index contributed by atoms with van der Waals surface area (Å²) in [6, 6.07) is 4.75. The Bertz CT molecular complexity index is 1040. The summed E-state index contributed by atoms with van der Waals surface area (Å²) in [5.41, 5.74) is 1.11. The number of piperidine rings is 1. The second-order valence-corrected chi connectivity index (χ2v) is 9.46. The van der Waals surface area contributed by atoms with Crippen LogP contribution in [0.1, 0.15) is 47.9 Å². The molecule has 0 atom stereocenters. The number of rotatable bonds is 7. The molecule has 1 aromatic carbocycles. The highest BCUT2D eigenvalue weighted by atomic mass is 32.2. The Hall–Kier alpha value is -2.04. The van der Waals surface area contributed by atoms with Gasteiger partial charge in [0.15, 0.2) is 4.77 Å². The predicted octanol–water partition coefficient (Wildman–Crippen LogP) is 2.42. The molecule has 0 spiro atoms. The number of carbonyl (C=O) groups is 1. The largest absolute Gasteiger partial charge is 0.352 e. The minimum atomic E-state index is -3.58. The SMILES string of the molecule is CCn1c(CCNC(=O)c2cc(S(=O)(=O)N3CCCCC3)ccc2C)n[nH]c1=S.